The smallest absolute Gasteiger partial charge is 0.335 e. The fourth-order valence-corrected chi connectivity index (χ4v) is 4.77. The molecule has 0 aliphatic rings. The number of amides is 1. The van der Waals surface area contributed by atoms with Gasteiger partial charge < -0.3 is 15.7 Å². The van der Waals surface area contributed by atoms with E-state index < -0.39 is 29.1 Å². The van der Waals surface area contributed by atoms with Gasteiger partial charge in [0, 0.05) is 36.6 Å². The summed E-state index contributed by atoms with van der Waals surface area (Å²) < 4.78 is 29.7. The number of aryl methyl sites for hydroxylation is 1. The van der Waals surface area contributed by atoms with E-state index in [4.69, 9.17) is 0 Å². The normalized spacial score (nSPS) is 11.3. The van der Waals surface area contributed by atoms with E-state index in [0.717, 1.165) is 23.1 Å². The van der Waals surface area contributed by atoms with Gasteiger partial charge in [-0.15, -0.1) is 0 Å². The van der Waals surface area contributed by atoms with E-state index in [1.165, 1.54) is 21.5 Å². The molecular formula is C32H28F2N6O4. The number of anilines is 2. The van der Waals surface area contributed by atoms with Crippen molar-refractivity contribution in [2.45, 2.75) is 20.4 Å². The number of fused-ring (bicyclic) bond motifs is 1. The number of carbonyl (C=O) groups excluding carboxylic acids is 1. The Kier molecular flexibility index (Phi) is 8.34. The van der Waals surface area contributed by atoms with Gasteiger partial charge in [-0.1, -0.05) is 24.3 Å². The van der Waals surface area contributed by atoms with Crippen LogP contribution in [-0.4, -0.2) is 42.9 Å². The Balaban J connectivity index is 1.22. The molecule has 0 atom stereocenters. The van der Waals surface area contributed by atoms with Crippen LogP contribution in [-0.2, 0) is 13.6 Å². The molecule has 224 valence electrons. The SMILES string of the molecule is Cc1cc(Nc2ncc3cc(/C=C/CNC(=O)c4c(C)n(C)n(Cc5ccc(F)c(F)c5)c4=O)ccc3n2)ccc1C(=O)O. The van der Waals surface area contributed by atoms with E-state index in [9.17, 15) is 28.3 Å². The van der Waals surface area contributed by atoms with Crippen LogP contribution in [0.2, 0.25) is 0 Å². The van der Waals surface area contributed by atoms with Gasteiger partial charge >= 0.3 is 5.97 Å². The minimum atomic E-state index is -1.01. The fraction of sp³-hybridized carbons (Fsp3) is 0.156. The Morgan fingerprint density at radius 1 is 1.02 bits per heavy atom. The summed E-state index contributed by atoms with van der Waals surface area (Å²) in [4.78, 5) is 46.0. The molecule has 2 aromatic heterocycles. The molecule has 5 aromatic rings. The third-order valence-corrected chi connectivity index (χ3v) is 7.21. The fourth-order valence-electron chi connectivity index (χ4n) is 4.77. The first-order chi connectivity index (χ1) is 21.0. The van der Waals surface area contributed by atoms with Crippen molar-refractivity contribution in [2.24, 2.45) is 7.05 Å². The Labute approximate surface area is 250 Å². The van der Waals surface area contributed by atoms with Gasteiger partial charge in [0.25, 0.3) is 11.5 Å². The highest BCUT2D eigenvalue weighted by Gasteiger charge is 2.21. The van der Waals surface area contributed by atoms with Gasteiger partial charge in [0.1, 0.15) is 5.56 Å². The van der Waals surface area contributed by atoms with Crippen LogP contribution in [0.4, 0.5) is 20.4 Å². The van der Waals surface area contributed by atoms with Crippen LogP contribution in [0.1, 0.15) is 43.1 Å². The van der Waals surface area contributed by atoms with Crippen molar-refractivity contribution in [3.8, 4) is 0 Å². The van der Waals surface area contributed by atoms with Crippen molar-refractivity contribution < 1.29 is 23.5 Å². The predicted octanol–water partition coefficient (Wildman–Crippen LogP) is 4.96. The van der Waals surface area contributed by atoms with Crippen molar-refractivity contribution in [1.82, 2.24) is 24.6 Å². The van der Waals surface area contributed by atoms with Crippen molar-refractivity contribution in [3.63, 3.8) is 0 Å². The second-order valence-corrected chi connectivity index (χ2v) is 10.2. The van der Waals surface area contributed by atoms with Crippen LogP contribution in [0, 0.1) is 25.5 Å². The number of aromatic nitrogens is 4. The molecule has 12 heteroatoms. The molecule has 2 heterocycles. The third-order valence-electron chi connectivity index (χ3n) is 7.21. The molecule has 0 bridgehead atoms. The number of carbonyl (C=O) groups is 2. The van der Waals surface area contributed by atoms with Gasteiger partial charge in [-0.25, -0.2) is 28.2 Å². The molecule has 5 rings (SSSR count). The summed E-state index contributed by atoms with van der Waals surface area (Å²) >= 11 is 0. The van der Waals surface area contributed by atoms with Gasteiger partial charge in [0.2, 0.25) is 5.95 Å². The topological polar surface area (TPSA) is 131 Å². The van der Waals surface area contributed by atoms with Crippen molar-refractivity contribution in [2.75, 3.05) is 11.9 Å². The number of hydrogen-bond donors (Lipinski definition) is 3. The number of nitrogens with zero attached hydrogens (tertiary/aromatic N) is 4. The second kappa shape index (κ2) is 12.3. The highest BCUT2D eigenvalue weighted by atomic mass is 19.2. The lowest BCUT2D eigenvalue weighted by atomic mass is 10.1. The number of halogens is 2. The molecule has 0 fully saturated rings. The van der Waals surface area contributed by atoms with E-state index in [2.05, 4.69) is 20.6 Å². The Hall–Kier alpha value is -5.65. The average molecular weight is 599 g/mol. The highest BCUT2D eigenvalue weighted by molar-refractivity contribution is 5.95. The molecule has 10 nitrogen and oxygen atoms in total. The average Bonchev–Trinajstić information content (AvgIpc) is 3.19. The molecule has 0 radical (unpaired) electrons. The monoisotopic (exact) mass is 598 g/mol. The van der Waals surface area contributed by atoms with E-state index in [0.29, 0.717) is 34.0 Å². The van der Waals surface area contributed by atoms with Crippen molar-refractivity contribution in [3.05, 3.63) is 122 Å². The molecule has 0 spiro atoms. The maximum Gasteiger partial charge on any atom is 0.335 e. The summed E-state index contributed by atoms with van der Waals surface area (Å²) in [6, 6.07) is 13.9. The maximum atomic E-state index is 13.6. The summed E-state index contributed by atoms with van der Waals surface area (Å²) in [5, 5.41) is 15.8. The zero-order valence-electron chi connectivity index (χ0n) is 24.1. The highest BCUT2D eigenvalue weighted by Crippen LogP contribution is 2.21. The largest absolute Gasteiger partial charge is 0.478 e. The summed E-state index contributed by atoms with van der Waals surface area (Å²) in [5.74, 6) is -3.15. The number of carboxylic acids is 1. The Bertz CT molecular complexity index is 2010. The number of nitrogens with one attached hydrogen (secondary N) is 2. The minimum Gasteiger partial charge on any atom is -0.478 e. The van der Waals surface area contributed by atoms with Gasteiger partial charge in [-0.3, -0.25) is 14.3 Å². The quantitative estimate of drug-likeness (QED) is 0.219. The first-order valence-electron chi connectivity index (χ1n) is 13.5. The summed E-state index contributed by atoms with van der Waals surface area (Å²) in [7, 11) is 1.62. The molecule has 44 heavy (non-hydrogen) atoms. The van der Waals surface area contributed by atoms with Crippen LogP contribution < -0.4 is 16.2 Å². The molecule has 0 saturated heterocycles. The van der Waals surface area contributed by atoms with E-state index in [1.54, 1.807) is 45.3 Å². The number of carboxylic acid groups (broad SMARTS) is 1. The molecule has 0 unspecified atom stereocenters. The number of rotatable bonds is 9. The second-order valence-electron chi connectivity index (χ2n) is 10.2. The minimum absolute atomic E-state index is 0.0243. The molecule has 0 saturated carbocycles. The van der Waals surface area contributed by atoms with Crippen molar-refractivity contribution >= 4 is 40.5 Å². The van der Waals surface area contributed by atoms with Crippen LogP contribution in [0.3, 0.4) is 0 Å². The molecular weight excluding hydrogens is 570 g/mol. The molecule has 0 aliphatic heterocycles. The summed E-state index contributed by atoms with van der Waals surface area (Å²) in [5.41, 5.74) is 3.33. The molecule has 0 aliphatic carbocycles. The first kappa shape index (κ1) is 29.8. The van der Waals surface area contributed by atoms with Gasteiger partial charge in [-0.05, 0) is 73.0 Å². The van der Waals surface area contributed by atoms with Crippen molar-refractivity contribution in [1.29, 1.82) is 0 Å². The standard InChI is InChI=1S/C32H28F2N6O4/c1-18-13-23(8-9-24(18)31(43)44)37-32-36-16-22-14-20(7-11-27(22)38-32)5-4-12-35-29(41)28-19(2)39(3)40(30(28)42)17-21-6-10-25(33)26(34)15-21/h4-11,13-16H,12,17H2,1-3H3,(H,35,41)(H,43,44)(H,36,37,38)/b5-4+. The first-order valence-corrected chi connectivity index (χ1v) is 13.5. The zero-order chi connectivity index (χ0) is 31.5. The van der Waals surface area contributed by atoms with Gasteiger partial charge in [0.15, 0.2) is 11.6 Å². The van der Waals surface area contributed by atoms with Gasteiger partial charge in [0.05, 0.1) is 17.6 Å². The van der Waals surface area contributed by atoms with Crippen LogP contribution in [0.5, 0.6) is 0 Å². The Morgan fingerprint density at radius 3 is 2.55 bits per heavy atom. The lowest BCUT2D eigenvalue weighted by molar-refractivity contribution is 0.0695. The van der Waals surface area contributed by atoms with Gasteiger partial charge in [-0.2, -0.15) is 0 Å². The van der Waals surface area contributed by atoms with Crippen LogP contribution in [0.25, 0.3) is 17.0 Å². The molecule has 3 N–H and O–H groups in total. The molecule has 3 aromatic carbocycles. The zero-order valence-corrected chi connectivity index (χ0v) is 24.1. The van der Waals surface area contributed by atoms with Crippen LogP contribution >= 0.6 is 0 Å². The number of hydrogen-bond acceptors (Lipinski definition) is 6. The van der Waals surface area contributed by atoms with E-state index in [-0.39, 0.29) is 24.2 Å². The Morgan fingerprint density at radius 2 is 1.82 bits per heavy atom. The lowest BCUT2D eigenvalue weighted by Gasteiger charge is -2.08. The van der Waals surface area contributed by atoms with E-state index in [1.807, 2.05) is 24.3 Å². The summed E-state index contributed by atoms with van der Waals surface area (Å²) in [6.07, 6.45) is 5.24. The lowest BCUT2D eigenvalue weighted by Crippen LogP contribution is -2.31. The number of aromatic carboxylic acids is 1. The predicted molar refractivity (Wildman–Crippen MR) is 162 cm³/mol. The third kappa shape index (κ3) is 6.24. The molecule has 1 amide bonds. The summed E-state index contributed by atoms with van der Waals surface area (Å²) in [6.45, 7) is 3.50. The van der Waals surface area contributed by atoms with E-state index >= 15 is 0 Å². The maximum absolute atomic E-state index is 13.6. The number of benzene rings is 3. The van der Waals surface area contributed by atoms with Crippen LogP contribution in [0.15, 0.2) is 71.7 Å².